The van der Waals surface area contributed by atoms with Gasteiger partial charge >= 0.3 is 0 Å². The van der Waals surface area contributed by atoms with Crippen LogP contribution in [-0.4, -0.2) is 55.1 Å². The van der Waals surface area contributed by atoms with Crippen LogP contribution in [0.25, 0.3) is 0 Å². The van der Waals surface area contributed by atoms with Gasteiger partial charge in [-0.15, -0.1) is 0 Å². The van der Waals surface area contributed by atoms with E-state index in [0.717, 1.165) is 12.6 Å². The van der Waals surface area contributed by atoms with Crippen molar-refractivity contribution >= 4 is 0 Å². The Morgan fingerprint density at radius 2 is 1.78 bits per heavy atom. The lowest BCUT2D eigenvalue weighted by molar-refractivity contribution is 0.0697. The van der Waals surface area contributed by atoms with Crippen molar-refractivity contribution in [1.82, 2.24) is 9.80 Å². The Labute approximate surface area is 114 Å². The summed E-state index contributed by atoms with van der Waals surface area (Å²) in [6.07, 6.45) is 3.74. The standard InChI is InChI=1S/C15H33N3/c1-5-7-15(4,12-16)13-17-8-10-18(11-9-17)14(3)6-2/h14H,5-13,16H2,1-4H3. The van der Waals surface area contributed by atoms with Crippen molar-refractivity contribution in [3.05, 3.63) is 0 Å². The third-order valence-electron chi connectivity index (χ3n) is 4.57. The Hall–Kier alpha value is -0.120. The SMILES string of the molecule is CCCC(C)(CN)CN1CCN(C(C)CC)CC1. The van der Waals surface area contributed by atoms with E-state index in [4.69, 9.17) is 5.73 Å². The zero-order valence-electron chi connectivity index (χ0n) is 12.9. The zero-order chi connectivity index (χ0) is 13.6. The van der Waals surface area contributed by atoms with Gasteiger partial charge in [-0.05, 0) is 31.7 Å². The maximum absolute atomic E-state index is 5.97. The molecule has 0 spiro atoms. The molecule has 1 aliphatic rings. The molecule has 1 fully saturated rings. The average Bonchev–Trinajstić information content (AvgIpc) is 2.39. The van der Waals surface area contributed by atoms with Gasteiger partial charge in [0.2, 0.25) is 0 Å². The first-order chi connectivity index (χ1) is 8.54. The van der Waals surface area contributed by atoms with Crippen LogP contribution in [0.2, 0.25) is 0 Å². The first-order valence-electron chi connectivity index (χ1n) is 7.71. The maximum atomic E-state index is 5.97. The van der Waals surface area contributed by atoms with Gasteiger partial charge < -0.3 is 10.6 Å². The Morgan fingerprint density at radius 1 is 1.17 bits per heavy atom. The van der Waals surface area contributed by atoms with E-state index in [9.17, 15) is 0 Å². The van der Waals surface area contributed by atoms with Crippen LogP contribution in [0.4, 0.5) is 0 Å². The summed E-state index contributed by atoms with van der Waals surface area (Å²) in [5.41, 5.74) is 6.28. The second kappa shape index (κ2) is 7.46. The Kier molecular flexibility index (Phi) is 6.61. The summed E-state index contributed by atoms with van der Waals surface area (Å²) in [5, 5.41) is 0. The fraction of sp³-hybridized carbons (Fsp3) is 1.00. The van der Waals surface area contributed by atoms with Gasteiger partial charge in [-0.25, -0.2) is 0 Å². The van der Waals surface area contributed by atoms with E-state index in [1.165, 1.54) is 52.0 Å². The average molecular weight is 255 g/mol. The Morgan fingerprint density at radius 3 is 2.22 bits per heavy atom. The fourth-order valence-corrected chi connectivity index (χ4v) is 3.01. The summed E-state index contributed by atoms with van der Waals surface area (Å²) in [4.78, 5) is 5.23. The van der Waals surface area contributed by atoms with Gasteiger partial charge in [-0.1, -0.05) is 27.2 Å². The van der Waals surface area contributed by atoms with Crippen molar-refractivity contribution in [2.45, 2.75) is 53.0 Å². The summed E-state index contributed by atoms with van der Waals surface area (Å²) in [7, 11) is 0. The molecular weight excluding hydrogens is 222 g/mol. The van der Waals surface area contributed by atoms with Gasteiger partial charge in [0.25, 0.3) is 0 Å². The lowest BCUT2D eigenvalue weighted by Gasteiger charge is -2.41. The van der Waals surface area contributed by atoms with Crippen LogP contribution in [0.1, 0.15) is 47.0 Å². The van der Waals surface area contributed by atoms with Crippen molar-refractivity contribution < 1.29 is 0 Å². The van der Waals surface area contributed by atoms with Gasteiger partial charge in [-0.3, -0.25) is 4.90 Å². The number of hydrogen-bond acceptors (Lipinski definition) is 3. The molecule has 18 heavy (non-hydrogen) atoms. The van der Waals surface area contributed by atoms with Gasteiger partial charge in [0.05, 0.1) is 0 Å². The minimum atomic E-state index is 0.313. The molecule has 1 saturated heterocycles. The fourth-order valence-electron chi connectivity index (χ4n) is 3.01. The van der Waals surface area contributed by atoms with E-state index in [1.807, 2.05) is 0 Å². The maximum Gasteiger partial charge on any atom is 0.0113 e. The number of nitrogens with zero attached hydrogens (tertiary/aromatic N) is 2. The highest BCUT2D eigenvalue weighted by atomic mass is 15.3. The highest BCUT2D eigenvalue weighted by Gasteiger charge is 2.27. The summed E-state index contributed by atoms with van der Waals surface area (Å²) < 4.78 is 0. The van der Waals surface area contributed by atoms with Crippen molar-refractivity contribution in [2.24, 2.45) is 11.1 Å². The molecule has 1 heterocycles. The van der Waals surface area contributed by atoms with Gasteiger partial charge in [-0.2, -0.15) is 0 Å². The van der Waals surface area contributed by atoms with Crippen LogP contribution in [-0.2, 0) is 0 Å². The first kappa shape index (κ1) is 15.9. The first-order valence-corrected chi connectivity index (χ1v) is 7.71. The highest BCUT2D eigenvalue weighted by molar-refractivity contribution is 4.83. The lowest BCUT2D eigenvalue weighted by atomic mass is 9.85. The molecule has 0 radical (unpaired) electrons. The van der Waals surface area contributed by atoms with E-state index in [0.29, 0.717) is 5.41 Å². The molecule has 2 atom stereocenters. The molecule has 1 aliphatic heterocycles. The summed E-state index contributed by atoms with van der Waals surface area (Å²) in [5.74, 6) is 0. The number of rotatable bonds is 7. The van der Waals surface area contributed by atoms with Crippen LogP contribution >= 0.6 is 0 Å². The molecule has 2 unspecified atom stereocenters. The molecule has 0 saturated carbocycles. The van der Waals surface area contributed by atoms with E-state index in [2.05, 4.69) is 37.5 Å². The zero-order valence-corrected chi connectivity index (χ0v) is 12.9. The molecule has 3 nitrogen and oxygen atoms in total. The number of piperazine rings is 1. The van der Waals surface area contributed by atoms with Crippen molar-refractivity contribution in [1.29, 1.82) is 0 Å². The number of hydrogen-bond donors (Lipinski definition) is 1. The second-order valence-electron chi connectivity index (χ2n) is 6.33. The van der Waals surface area contributed by atoms with Crippen molar-refractivity contribution in [3.8, 4) is 0 Å². The highest BCUT2D eigenvalue weighted by Crippen LogP contribution is 2.24. The minimum Gasteiger partial charge on any atom is -0.330 e. The van der Waals surface area contributed by atoms with Crippen LogP contribution in [0.3, 0.4) is 0 Å². The van der Waals surface area contributed by atoms with Gasteiger partial charge in [0, 0.05) is 38.8 Å². The van der Waals surface area contributed by atoms with Gasteiger partial charge in [0.15, 0.2) is 0 Å². The third-order valence-corrected chi connectivity index (χ3v) is 4.57. The van der Waals surface area contributed by atoms with E-state index in [1.54, 1.807) is 0 Å². The molecule has 3 heteroatoms. The van der Waals surface area contributed by atoms with Crippen LogP contribution < -0.4 is 5.73 Å². The quantitative estimate of drug-likeness (QED) is 0.757. The smallest absolute Gasteiger partial charge is 0.0113 e. The Balaban J connectivity index is 2.38. The lowest BCUT2D eigenvalue weighted by Crippen LogP contribution is -2.52. The largest absolute Gasteiger partial charge is 0.330 e. The predicted octanol–water partition coefficient (Wildman–Crippen LogP) is 2.17. The molecule has 0 aromatic rings. The molecule has 1 rings (SSSR count). The minimum absolute atomic E-state index is 0.313. The van der Waals surface area contributed by atoms with E-state index in [-0.39, 0.29) is 0 Å². The normalized spacial score (nSPS) is 23.8. The second-order valence-corrected chi connectivity index (χ2v) is 6.33. The topological polar surface area (TPSA) is 32.5 Å². The molecule has 0 bridgehead atoms. The molecular formula is C15H33N3. The van der Waals surface area contributed by atoms with Crippen molar-refractivity contribution in [2.75, 3.05) is 39.3 Å². The summed E-state index contributed by atoms with van der Waals surface area (Å²) in [6, 6.07) is 0.740. The molecule has 0 aliphatic carbocycles. The molecule has 0 aromatic heterocycles. The van der Waals surface area contributed by atoms with Crippen LogP contribution in [0, 0.1) is 5.41 Å². The van der Waals surface area contributed by atoms with Crippen molar-refractivity contribution in [3.63, 3.8) is 0 Å². The Bertz CT molecular complexity index is 224. The molecule has 0 amide bonds. The molecule has 0 aromatic carbocycles. The predicted molar refractivity (Wildman–Crippen MR) is 79.8 cm³/mol. The summed E-state index contributed by atoms with van der Waals surface area (Å²) in [6.45, 7) is 16.1. The van der Waals surface area contributed by atoms with Gasteiger partial charge in [0.1, 0.15) is 0 Å². The van der Waals surface area contributed by atoms with Crippen LogP contribution in [0.15, 0.2) is 0 Å². The summed E-state index contributed by atoms with van der Waals surface area (Å²) >= 11 is 0. The molecule has 2 N–H and O–H groups in total. The molecule has 108 valence electrons. The van der Waals surface area contributed by atoms with E-state index < -0.39 is 0 Å². The van der Waals surface area contributed by atoms with Crippen LogP contribution in [0.5, 0.6) is 0 Å². The number of nitrogens with two attached hydrogens (primary N) is 1. The monoisotopic (exact) mass is 255 g/mol. The third kappa shape index (κ3) is 4.52. The van der Waals surface area contributed by atoms with E-state index >= 15 is 0 Å².